The van der Waals surface area contributed by atoms with Crippen LogP contribution >= 0.6 is 15.9 Å². The molecule has 1 heterocycles. The van der Waals surface area contributed by atoms with Crippen molar-refractivity contribution in [1.29, 1.82) is 0 Å². The summed E-state index contributed by atoms with van der Waals surface area (Å²) in [5.74, 6) is -0.184. The quantitative estimate of drug-likeness (QED) is 0.833. The number of allylic oxidation sites excluding steroid dienone is 1. The van der Waals surface area contributed by atoms with Crippen molar-refractivity contribution in [2.24, 2.45) is 0 Å². The largest absolute Gasteiger partial charge is 0.314 e. The fraction of sp³-hybridized carbons (Fsp3) is 0.467. The van der Waals surface area contributed by atoms with Crippen LogP contribution in [-0.4, -0.2) is 31.1 Å². The van der Waals surface area contributed by atoms with Gasteiger partial charge in [-0.15, -0.1) is 6.58 Å². The Balaban J connectivity index is 2.19. The molecule has 0 spiro atoms. The van der Waals surface area contributed by atoms with Crippen LogP contribution in [0.1, 0.15) is 24.4 Å². The minimum Gasteiger partial charge on any atom is -0.314 e. The highest BCUT2D eigenvalue weighted by Crippen LogP contribution is 2.28. The number of hydrogen-bond donors (Lipinski definition) is 1. The second-order valence-corrected chi connectivity index (χ2v) is 5.70. The molecule has 4 heteroatoms. The number of nitrogens with one attached hydrogen (secondary N) is 1. The van der Waals surface area contributed by atoms with Crippen molar-refractivity contribution in [1.82, 2.24) is 10.2 Å². The molecular weight excluding hydrogens is 307 g/mol. The first kappa shape index (κ1) is 14.7. The lowest BCUT2D eigenvalue weighted by atomic mass is 9.99. The number of piperazine rings is 1. The van der Waals surface area contributed by atoms with E-state index < -0.39 is 0 Å². The van der Waals surface area contributed by atoms with Gasteiger partial charge in [-0.1, -0.05) is 12.1 Å². The molecule has 2 nitrogen and oxygen atoms in total. The van der Waals surface area contributed by atoms with Crippen LogP contribution < -0.4 is 5.32 Å². The van der Waals surface area contributed by atoms with E-state index in [4.69, 9.17) is 0 Å². The Hall–Kier alpha value is -0.710. The average molecular weight is 327 g/mol. The van der Waals surface area contributed by atoms with E-state index in [2.05, 4.69) is 32.7 Å². The minimum atomic E-state index is -0.184. The molecule has 0 amide bonds. The summed E-state index contributed by atoms with van der Waals surface area (Å²) in [6.07, 6.45) is 3.88. The molecule has 2 rings (SSSR count). The van der Waals surface area contributed by atoms with Crippen LogP contribution in [-0.2, 0) is 0 Å². The first-order valence-corrected chi connectivity index (χ1v) is 7.52. The van der Waals surface area contributed by atoms with E-state index >= 15 is 0 Å². The van der Waals surface area contributed by atoms with Crippen LogP contribution in [0.2, 0.25) is 0 Å². The highest BCUT2D eigenvalue weighted by Gasteiger charge is 2.22. The van der Waals surface area contributed by atoms with Crippen molar-refractivity contribution < 1.29 is 4.39 Å². The number of hydrogen-bond acceptors (Lipinski definition) is 2. The minimum absolute atomic E-state index is 0.184. The zero-order valence-corrected chi connectivity index (χ0v) is 12.6. The fourth-order valence-electron chi connectivity index (χ4n) is 2.55. The van der Waals surface area contributed by atoms with Crippen LogP contribution in [0.3, 0.4) is 0 Å². The molecule has 0 aliphatic carbocycles. The molecule has 1 fully saturated rings. The topological polar surface area (TPSA) is 15.3 Å². The monoisotopic (exact) mass is 326 g/mol. The molecule has 1 atom stereocenters. The normalized spacial score (nSPS) is 18.2. The summed E-state index contributed by atoms with van der Waals surface area (Å²) >= 11 is 3.21. The van der Waals surface area contributed by atoms with Gasteiger partial charge in [0, 0.05) is 32.2 Å². The standard InChI is InChI=1S/C15H20BrFN2/c1-2-3-4-15(19-9-7-18-8-10-19)12-5-6-13(16)14(17)11-12/h2,5-6,11,15,18H,1,3-4,7-10H2/t15-/m0/s1. The van der Waals surface area contributed by atoms with Gasteiger partial charge >= 0.3 is 0 Å². The van der Waals surface area contributed by atoms with Gasteiger partial charge in [-0.25, -0.2) is 4.39 Å². The van der Waals surface area contributed by atoms with E-state index in [1.165, 1.54) is 0 Å². The summed E-state index contributed by atoms with van der Waals surface area (Å²) in [4.78, 5) is 2.43. The molecule has 1 aliphatic heterocycles. The van der Waals surface area contributed by atoms with E-state index in [-0.39, 0.29) is 11.9 Å². The van der Waals surface area contributed by atoms with Crippen molar-refractivity contribution >= 4 is 15.9 Å². The fourth-order valence-corrected chi connectivity index (χ4v) is 2.80. The molecule has 1 N–H and O–H groups in total. The highest BCUT2D eigenvalue weighted by atomic mass is 79.9. The molecule has 1 aromatic rings. The number of halogens is 2. The van der Waals surface area contributed by atoms with E-state index in [1.807, 2.05) is 12.1 Å². The van der Waals surface area contributed by atoms with Gasteiger partial charge in [0.25, 0.3) is 0 Å². The predicted molar refractivity (Wildman–Crippen MR) is 80.7 cm³/mol. The molecule has 0 radical (unpaired) electrons. The highest BCUT2D eigenvalue weighted by molar-refractivity contribution is 9.10. The van der Waals surface area contributed by atoms with Gasteiger partial charge in [0.1, 0.15) is 5.82 Å². The lowest BCUT2D eigenvalue weighted by Crippen LogP contribution is -2.45. The Morgan fingerprint density at radius 2 is 2.16 bits per heavy atom. The summed E-state index contributed by atoms with van der Waals surface area (Å²) in [6.45, 7) is 7.82. The molecule has 0 saturated carbocycles. The van der Waals surface area contributed by atoms with Crippen LogP contribution in [0, 0.1) is 5.82 Å². The molecule has 0 aromatic heterocycles. The second-order valence-electron chi connectivity index (χ2n) is 4.84. The third-order valence-electron chi connectivity index (χ3n) is 3.57. The Labute approximate surface area is 122 Å². The molecular formula is C15H20BrFN2. The molecule has 1 saturated heterocycles. The summed E-state index contributed by atoms with van der Waals surface area (Å²) in [6, 6.07) is 5.75. The number of benzene rings is 1. The van der Waals surface area contributed by atoms with Crippen molar-refractivity contribution in [3.8, 4) is 0 Å². The second kappa shape index (κ2) is 7.17. The Kier molecular flexibility index (Phi) is 5.55. The van der Waals surface area contributed by atoms with Crippen LogP contribution in [0.4, 0.5) is 4.39 Å². The van der Waals surface area contributed by atoms with E-state index in [0.717, 1.165) is 44.6 Å². The summed E-state index contributed by atoms with van der Waals surface area (Å²) in [7, 11) is 0. The zero-order valence-electron chi connectivity index (χ0n) is 11.0. The third kappa shape index (κ3) is 3.88. The van der Waals surface area contributed by atoms with Gasteiger partial charge in [0.05, 0.1) is 4.47 Å². The van der Waals surface area contributed by atoms with E-state index in [0.29, 0.717) is 4.47 Å². The predicted octanol–water partition coefficient (Wildman–Crippen LogP) is 3.50. The lowest BCUT2D eigenvalue weighted by Gasteiger charge is -2.35. The van der Waals surface area contributed by atoms with E-state index in [1.54, 1.807) is 12.1 Å². The maximum atomic E-state index is 13.7. The third-order valence-corrected chi connectivity index (χ3v) is 4.21. The molecule has 1 aliphatic rings. The van der Waals surface area contributed by atoms with Gasteiger partial charge in [0.2, 0.25) is 0 Å². The van der Waals surface area contributed by atoms with Crippen LogP contribution in [0.25, 0.3) is 0 Å². The Morgan fingerprint density at radius 3 is 2.79 bits per heavy atom. The first-order valence-electron chi connectivity index (χ1n) is 6.73. The SMILES string of the molecule is C=CCC[C@@H](c1ccc(Br)c(F)c1)N1CCNCC1. The Morgan fingerprint density at radius 1 is 1.42 bits per heavy atom. The van der Waals surface area contributed by atoms with Gasteiger partial charge < -0.3 is 5.32 Å². The molecule has 0 bridgehead atoms. The maximum absolute atomic E-state index is 13.7. The number of nitrogens with zero attached hydrogens (tertiary/aromatic N) is 1. The van der Waals surface area contributed by atoms with Crippen LogP contribution in [0.15, 0.2) is 35.3 Å². The Bertz CT molecular complexity index is 430. The summed E-state index contributed by atoms with van der Waals surface area (Å²) in [5.41, 5.74) is 1.06. The smallest absolute Gasteiger partial charge is 0.137 e. The average Bonchev–Trinajstić information content (AvgIpc) is 2.44. The molecule has 19 heavy (non-hydrogen) atoms. The summed E-state index contributed by atoms with van der Waals surface area (Å²) in [5, 5.41) is 3.35. The van der Waals surface area contributed by atoms with Crippen molar-refractivity contribution in [2.75, 3.05) is 26.2 Å². The lowest BCUT2D eigenvalue weighted by molar-refractivity contribution is 0.166. The van der Waals surface area contributed by atoms with Gasteiger partial charge in [-0.2, -0.15) is 0 Å². The van der Waals surface area contributed by atoms with Crippen LogP contribution in [0.5, 0.6) is 0 Å². The summed E-state index contributed by atoms with van der Waals surface area (Å²) < 4.78 is 14.3. The molecule has 104 valence electrons. The van der Waals surface area contributed by atoms with Gasteiger partial charge in [0.15, 0.2) is 0 Å². The molecule has 1 aromatic carbocycles. The van der Waals surface area contributed by atoms with Crippen molar-refractivity contribution in [2.45, 2.75) is 18.9 Å². The number of rotatable bonds is 5. The van der Waals surface area contributed by atoms with Gasteiger partial charge in [-0.3, -0.25) is 4.90 Å². The maximum Gasteiger partial charge on any atom is 0.137 e. The first-order chi connectivity index (χ1) is 9.22. The molecule has 0 unspecified atom stereocenters. The zero-order chi connectivity index (χ0) is 13.7. The van der Waals surface area contributed by atoms with Crippen molar-refractivity contribution in [3.05, 3.63) is 46.7 Å². The van der Waals surface area contributed by atoms with Gasteiger partial charge in [-0.05, 0) is 46.5 Å². The van der Waals surface area contributed by atoms with E-state index in [9.17, 15) is 4.39 Å². The van der Waals surface area contributed by atoms with Crippen molar-refractivity contribution in [3.63, 3.8) is 0 Å².